The van der Waals surface area contributed by atoms with Gasteiger partial charge in [0.2, 0.25) is 0 Å². The van der Waals surface area contributed by atoms with Gasteiger partial charge in [0.15, 0.2) is 5.78 Å². The molecule has 1 heterocycles. The molecule has 0 spiro atoms. The van der Waals surface area contributed by atoms with Crippen molar-refractivity contribution in [1.29, 1.82) is 0 Å². The number of carbonyl (C=O) groups excluding carboxylic acids is 2. The van der Waals surface area contributed by atoms with Crippen LogP contribution in [-0.2, 0) is 16.1 Å². The van der Waals surface area contributed by atoms with Crippen LogP contribution in [-0.4, -0.2) is 24.9 Å². The largest absolute Gasteiger partial charge is 0.469 e. The van der Waals surface area contributed by atoms with Crippen molar-refractivity contribution in [2.24, 2.45) is 0 Å². The summed E-state index contributed by atoms with van der Waals surface area (Å²) in [6.07, 6.45) is 0.0707. The Hall–Kier alpha value is -1.20. The molecule has 0 amide bonds. The van der Waals surface area contributed by atoms with Crippen molar-refractivity contribution in [2.45, 2.75) is 19.0 Å². The summed E-state index contributed by atoms with van der Waals surface area (Å²) in [5, 5.41) is 3.04. The van der Waals surface area contributed by atoms with Gasteiger partial charge in [-0.2, -0.15) is 0 Å². The second-order valence-corrected chi connectivity index (χ2v) is 4.80. The van der Waals surface area contributed by atoms with Crippen LogP contribution in [0.25, 0.3) is 0 Å². The molecule has 0 saturated carbocycles. The molecule has 0 fully saturated rings. The molecule has 5 heteroatoms. The minimum Gasteiger partial charge on any atom is -0.469 e. The third-order valence-corrected chi connectivity index (χ3v) is 3.28. The molecule has 1 aliphatic rings. The van der Waals surface area contributed by atoms with Gasteiger partial charge in [0.05, 0.1) is 19.6 Å². The van der Waals surface area contributed by atoms with E-state index in [-0.39, 0.29) is 18.2 Å². The Kier molecular flexibility index (Phi) is 3.59. The molecule has 2 rings (SSSR count). The summed E-state index contributed by atoms with van der Waals surface area (Å²) >= 11 is 3.34. The van der Waals surface area contributed by atoms with Crippen LogP contribution in [0.2, 0.25) is 0 Å². The number of esters is 1. The van der Waals surface area contributed by atoms with E-state index in [4.69, 9.17) is 0 Å². The van der Waals surface area contributed by atoms with E-state index in [1.54, 1.807) is 6.07 Å². The van der Waals surface area contributed by atoms with E-state index >= 15 is 0 Å². The van der Waals surface area contributed by atoms with E-state index in [1.807, 2.05) is 12.1 Å². The lowest BCUT2D eigenvalue weighted by Crippen LogP contribution is -2.42. The zero-order valence-electron chi connectivity index (χ0n) is 9.33. The molecule has 0 aromatic heterocycles. The topological polar surface area (TPSA) is 55.4 Å². The molecule has 17 heavy (non-hydrogen) atoms. The van der Waals surface area contributed by atoms with Gasteiger partial charge in [0.1, 0.15) is 0 Å². The number of hydrogen-bond acceptors (Lipinski definition) is 4. The van der Waals surface area contributed by atoms with Crippen molar-refractivity contribution < 1.29 is 14.3 Å². The number of hydrogen-bond donors (Lipinski definition) is 1. The molecular weight excluding hydrogens is 286 g/mol. The molecule has 1 unspecified atom stereocenters. The van der Waals surface area contributed by atoms with E-state index in [0.29, 0.717) is 12.1 Å². The van der Waals surface area contributed by atoms with Crippen molar-refractivity contribution in [1.82, 2.24) is 5.32 Å². The molecule has 0 saturated heterocycles. The number of nitrogens with one attached hydrogen (secondary N) is 1. The first-order chi connectivity index (χ1) is 8.11. The van der Waals surface area contributed by atoms with Gasteiger partial charge >= 0.3 is 5.97 Å². The Morgan fingerprint density at radius 1 is 1.59 bits per heavy atom. The van der Waals surface area contributed by atoms with Crippen LogP contribution >= 0.6 is 15.9 Å². The Labute approximate surface area is 107 Å². The average Bonchev–Trinajstić information content (AvgIpc) is 2.33. The zero-order valence-corrected chi connectivity index (χ0v) is 10.9. The second kappa shape index (κ2) is 4.98. The maximum absolute atomic E-state index is 12.1. The van der Waals surface area contributed by atoms with Gasteiger partial charge in [0, 0.05) is 16.6 Å². The fraction of sp³-hybridized carbons (Fsp3) is 0.333. The van der Waals surface area contributed by atoms with Gasteiger partial charge in [-0.1, -0.05) is 22.0 Å². The van der Waals surface area contributed by atoms with Crippen molar-refractivity contribution in [2.75, 3.05) is 7.11 Å². The summed E-state index contributed by atoms with van der Waals surface area (Å²) < 4.78 is 5.44. The van der Waals surface area contributed by atoms with Crippen molar-refractivity contribution in [3.05, 3.63) is 33.8 Å². The van der Waals surface area contributed by atoms with E-state index < -0.39 is 6.04 Å². The summed E-state index contributed by atoms with van der Waals surface area (Å²) in [7, 11) is 1.32. The lowest BCUT2D eigenvalue weighted by molar-refractivity contribution is -0.141. The molecule has 0 radical (unpaired) electrons. The fourth-order valence-electron chi connectivity index (χ4n) is 1.86. The lowest BCUT2D eigenvalue weighted by Gasteiger charge is -2.24. The number of fused-ring (bicyclic) bond motifs is 1. The minimum atomic E-state index is -0.482. The SMILES string of the molecule is COC(=O)CC1NCc2ccc(Br)cc2C1=O. The highest BCUT2D eigenvalue weighted by atomic mass is 79.9. The van der Waals surface area contributed by atoms with Gasteiger partial charge in [-0.05, 0) is 17.7 Å². The van der Waals surface area contributed by atoms with E-state index in [1.165, 1.54) is 7.11 Å². The fourth-order valence-corrected chi connectivity index (χ4v) is 2.22. The van der Waals surface area contributed by atoms with E-state index in [9.17, 15) is 9.59 Å². The Morgan fingerprint density at radius 2 is 2.35 bits per heavy atom. The third kappa shape index (κ3) is 2.56. The molecule has 0 bridgehead atoms. The van der Waals surface area contributed by atoms with E-state index in [0.717, 1.165) is 10.0 Å². The van der Waals surface area contributed by atoms with Crippen LogP contribution < -0.4 is 5.32 Å². The van der Waals surface area contributed by atoms with Crippen LogP contribution in [0.3, 0.4) is 0 Å². The maximum atomic E-state index is 12.1. The van der Waals surface area contributed by atoms with E-state index in [2.05, 4.69) is 26.0 Å². The first-order valence-corrected chi connectivity index (χ1v) is 6.04. The standard InChI is InChI=1S/C12H12BrNO3/c1-17-11(15)5-10-12(16)9-4-8(13)3-2-7(9)6-14-10/h2-4,10,14H,5-6H2,1H3. The molecule has 90 valence electrons. The molecule has 1 aromatic rings. The van der Waals surface area contributed by atoms with Crippen molar-refractivity contribution in [3.8, 4) is 0 Å². The molecule has 4 nitrogen and oxygen atoms in total. The van der Waals surface area contributed by atoms with Crippen LogP contribution in [0.1, 0.15) is 22.3 Å². The van der Waals surface area contributed by atoms with Crippen LogP contribution in [0, 0.1) is 0 Å². The highest BCUT2D eigenvalue weighted by Crippen LogP contribution is 2.22. The first-order valence-electron chi connectivity index (χ1n) is 5.24. The summed E-state index contributed by atoms with van der Waals surface area (Å²) in [5.74, 6) is -0.438. The monoisotopic (exact) mass is 297 g/mol. The summed E-state index contributed by atoms with van der Waals surface area (Å²) in [4.78, 5) is 23.3. The number of rotatable bonds is 2. The number of benzene rings is 1. The number of ether oxygens (including phenoxy) is 1. The normalized spacial score (nSPS) is 18.7. The molecule has 1 atom stereocenters. The molecule has 0 aliphatic carbocycles. The maximum Gasteiger partial charge on any atom is 0.307 e. The van der Waals surface area contributed by atoms with Crippen molar-refractivity contribution in [3.63, 3.8) is 0 Å². The summed E-state index contributed by atoms with van der Waals surface area (Å²) in [5.41, 5.74) is 1.63. The highest BCUT2D eigenvalue weighted by molar-refractivity contribution is 9.10. The molecule has 1 aliphatic heterocycles. The van der Waals surface area contributed by atoms with Crippen LogP contribution in [0.15, 0.2) is 22.7 Å². The predicted octanol–water partition coefficient (Wildman–Crippen LogP) is 1.67. The highest BCUT2D eigenvalue weighted by Gasteiger charge is 2.28. The third-order valence-electron chi connectivity index (χ3n) is 2.79. The van der Waals surface area contributed by atoms with Gasteiger partial charge in [-0.3, -0.25) is 9.59 Å². The van der Waals surface area contributed by atoms with Crippen LogP contribution in [0.4, 0.5) is 0 Å². The second-order valence-electron chi connectivity index (χ2n) is 3.88. The number of methoxy groups -OCH3 is 1. The van der Waals surface area contributed by atoms with Crippen LogP contribution in [0.5, 0.6) is 0 Å². The Balaban J connectivity index is 2.23. The zero-order chi connectivity index (χ0) is 12.4. The lowest BCUT2D eigenvalue weighted by atomic mass is 9.93. The Morgan fingerprint density at radius 3 is 3.06 bits per heavy atom. The Bertz CT molecular complexity index is 473. The quantitative estimate of drug-likeness (QED) is 0.844. The molecule has 1 N–H and O–H groups in total. The number of carbonyl (C=O) groups is 2. The molecule has 1 aromatic carbocycles. The predicted molar refractivity (Wildman–Crippen MR) is 65.7 cm³/mol. The van der Waals surface area contributed by atoms with Gasteiger partial charge in [0.25, 0.3) is 0 Å². The van der Waals surface area contributed by atoms with Gasteiger partial charge < -0.3 is 10.1 Å². The molecular formula is C12H12BrNO3. The number of Topliss-reactive ketones (excluding diaryl/α,β-unsaturated/α-hetero) is 1. The first kappa shape index (κ1) is 12.3. The average molecular weight is 298 g/mol. The number of ketones is 1. The summed E-state index contributed by atoms with van der Waals surface area (Å²) in [6, 6.07) is 5.11. The minimum absolute atomic E-state index is 0.0575. The number of halogens is 1. The summed E-state index contributed by atoms with van der Waals surface area (Å²) in [6.45, 7) is 0.593. The van der Waals surface area contributed by atoms with Gasteiger partial charge in [-0.25, -0.2) is 0 Å². The van der Waals surface area contributed by atoms with Gasteiger partial charge in [-0.15, -0.1) is 0 Å². The van der Waals surface area contributed by atoms with Crippen molar-refractivity contribution >= 4 is 27.7 Å². The smallest absolute Gasteiger partial charge is 0.307 e.